The van der Waals surface area contributed by atoms with Gasteiger partial charge in [-0.1, -0.05) is 30.4 Å². The molecule has 2 aromatic heterocycles. The molecule has 0 unspecified atom stereocenters. The minimum Gasteiger partial charge on any atom is -0.332 e. The number of thiocarbonyl (C=S) groups is 1. The Labute approximate surface area is 208 Å². The molecule has 0 atom stereocenters. The third-order valence-corrected chi connectivity index (χ3v) is 9.21. The summed E-state index contributed by atoms with van der Waals surface area (Å²) >= 11 is 7.04. The normalized spacial score (nSPS) is 27.3. The first-order valence-corrected chi connectivity index (χ1v) is 13.5. The second-order valence-corrected chi connectivity index (χ2v) is 12.1. The van der Waals surface area contributed by atoms with E-state index in [9.17, 15) is 4.79 Å². The van der Waals surface area contributed by atoms with Crippen molar-refractivity contribution in [3.63, 3.8) is 0 Å². The van der Waals surface area contributed by atoms with Crippen molar-refractivity contribution in [3.8, 4) is 10.6 Å². The van der Waals surface area contributed by atoms with Gasteiger partial charge in [-0.2, -0.15) is 9.61 Å². The first-order chi connectivity index (χ1) is 16.4. The van der Waals surface area contributed by atoms with Gasteiger partial charge in [0.25, 0.3) is 0 Å². The van der Waals surface area contributed by atoms with E-state index in [1.807, 2.05) is 36.6 Å². The van der Waals surface area contributed by atoms with Crippen LogP contribution < -0.4 is 10.6 Å². The molecule has 4 aliphatic rings. The maximum Gasteiger partial charge on any atom is 0.234 e. The fraction of sp³-hybridized carbons (Fsp3) is 0.560. The first kappa shape index (κ1) is 22.1. The number of hydrogen-bond donors (Lipinski definition) is 2. The maximum atomic E-state index is 13.0. The highest BCUT2D eigenvalue weighted by atomic mass is 32.1. The number of anilines is 1. The zero-order valence-corrected chi connectivity index (χ0v) is 21.3. The molecule has 2 heterocycles. The number of aryl methyl sites for hydroxylation is 2. The van der Waals surface area contributed by atoms with E-state index in [1.54, 1.807) is 0 Å². The minimum atomic E-state index is 0.0500. The van der Waals surface area contributed by atoms with Gasteiger partial charge >= 0.3 is 0 Å². The zero-order valence-electron chi connectivity index (χ0n) is 19.6. The molecule has 9 heteroatoms. The number of aromatic nitrogens is 4. The van der Waals surface area contributed by atoms with Gasteiger partial charge in [0.15, 0.2) is 10.9 Å². The van der Waals surface area contributed by atoms with Gasteiger partial charge in [0.05, 0.1) is 0 Å². The highest BCUT2D eigenvalue weighted by Crippen LogP contribution is 2.61. The van der Waals surface area contributed by atoms with Crippen molar-refractivity contribution in [1.29, 1.82) is 0 Å². The Kier molecular flexibility index (Phi) is 5.44. The van der Waals surface area contributed by atoms with Crippen LogP contribution in [0.3, 0.4) is 0 Å². The first-order valence-electron chi connectivity index (χ1n) is 12.3. The zero-order chi connectivity index (χ0) is 23.4. The summed E-state index contributed by atoms with van der Waals surface area (Å²) in [5.41, 5.74) is 3.12. The lowest BCUT2D eigenvalue weighted by Gasteiger charge is -2.56. The van der Waals surface area contributed by atoms with Crippen molar-refractivity contribution in [2.75, 3.05) is 5.32 Å². The Morgan fingerprint density at radius 2 is 1.88 bits per heavy atom. The van der Waals surface area contributed by atoms with Crippen LogP contribution in [0, 0.1) is 30.1 Å². The molecule has 0 saturated heterocycles. The molecule has 0 aliphatic heterocycles. The lowest BCUT2D eigenvalue weighted by molar-refractivity contribution is -0.127. The monoisotopic (exact) mass is 494 g/mol. The fourth-order valence-corrected chi connectivity index (χ4v) is 8.13. The standard InChI is InChI=1S/C25H30N6OS2/c1-3-20-28-29-24-31(20)30-22(34-24)18-5-4-14(2)19(9-18)26-23(33)27-21(32)13-25-10-15-6-16(11-25)8-17(7-15)12-25/h4-5,9,15-17H,3,6-8,10-13H2,1-2H3,(H2,26,27,32,33). The molecular formula is C25H30N6OS2. The summed E-state index contributed by atoms with van der Waals surface area (Å²) in [5.74, 6) is 3.42. The Bertz CT molecular complexity index is 1240. The van der Waals surface area contributed by atoms with Gasteiger partial charge in [0.2, 0.25) is 10.9 Å². The molecule has 2 N–H and O–H groups in total. The van der Waals surface area contributed by atoms with Gasteiger partial charge in [0.1, 0.15) is 5.01 Å². The van der Waals surface area contributed by atoms with Gasteiger partial charge in [-0.25, -0.2) is 0 Å². The molecule has 4 bridgehead atoms. The van der Waals surface area contributed by atoms with Gasteiger partial charge in [-0.3, -0.25) is 4.79 Å². The van der Waals surface area contributed by atoms with E-state index in [-0.39, 0.29) is 11.3 Å². The summed E-state index contributed by atoms with van der Waals surface area (Å²) < 4.78 is 1.81. The predicted molar refractivity (Wildman–Crippen MR) is 138 cm³/mol. The fourth-order valence-electron chi connectivity index (χ4n) is 7.06. The number of amides is 1. The number of fused-ring (bicyclic) bond motifs is 1. The van der Waals surface area contributed by atoms with Crippen LogP contribution in [0.5, 0.6) is 0 Å². The average Bonchev–Trinajstić information content (AvgIpc) is 3.34. The number of rotatable bonds is 5. The molecule has 1 aromatic carbocycles. The molecule has 0 spiro atoms. The molecule has 34 heavy (non-hydrogen) atoms. The third-order valence-electron chi connectivity index (χ3n) is 8.06. The molecule has 3 aromatic rings. The van der Waals surface area contributed by atoms with Gasteiger partial charge in [0, 0.05) is 24.1 Å². The van der Waals surface area contributed by atoms with Gasteiger partial charge in [-0.05, 0) is 92.5 Å². The Balaban J connectivity index is 1.13. The molecule has 1 amide bonds. The Morgan fingerprint density at radius 1 is 1.18 bits per heavy atom. The molecule has 178 valence electrons. The van der Waals surface area contributed by atoms with Crippen molar-refractivity contribution in [3.05, 3.63) is 29.6 Å². The van der Waals surface area contributed by atoms with Crippen molar-refractivity contribution in [1.82, 2.24) is 25.1 Å². The molecular weight excluding hydrogens is 464 g/mol. The van der Waals surface area contributed by atoms with Crippen LogP contribution in [0.4, 0.5) is 5.69 Å². The maximum absolute atomic E-state index is 13.0. The number of carbonyl (C=O) groups excluding carboxylic acids is 1. The van der Waals surface area contributed by atoms with E-state index in [0.717, 1.165) is 56.8 Å². The highest BCUT2D eigenvalue weighted by molar-refractivity contribution is 7.80. The molecule has 7 rings (SSSR count). The molecule has 4 aliphatic carbocycles. The van der Waals surface area contributed by atoms with E-state index in [1.165, 1.54) is 49.9 Å². The van der Waals surface area contributed by atoms with Crippen molar-refractivity contribution in [2.24, 2.45) is 23.2 Å². The average molecular weight is 495 g/mol. The van der Waals surface area contributed by atoms with Crippen molar-refractivity contribution >= 4 is 45.2 Å². The quantitative estimate of drug-likeness (QED) is 0.478. The highest BCUT2D eigenvalue weighted by Gasteiger charge is 2.51. The Hall–Kier alpha value is -2.39. The van der Waals surface area contributed by atoms with Crippen LogP contribution in [0.1, 0.15) is 63.3 Å². The SMILES string of the molecule is CCc1nnc2sc(-c3ccc(C)c(NC(=S)NC(=O)CC45CC6CC(CC(C6)C4)C5)c3)nn12. The number of carbonyl (C=O) groups is 1. The summed E-state index contributed by atoms with van der Waals surface area (Å²) in [4.78, 5) is 13.8. The third kappa shape index (κ3) is 4.02. The number of nitrogens with zero attached hydrogens (tertiary/aromatic N) is 4. The van der Waals surface area contributed by atoms with Crippen LogP contribution in [-0.2, 0) is 11.2 Å². The molecule has 4 saturated carbocycles. The second kappa shape index (κ2) is 8.37. The molecule has 7 nitrogen and oxygen atoms in total. The summed E-state index contributed by atoms with van der Waals surface area (Å²) in [6.07, 6.45) is 9.21. The van der Waals surface area contributed by atoms with Crippen molar-refractivity contribution < 1.29 is 4.79 Å². The number of hydrogen-bond acceptors (Lipinski definition) is 6. The predicted octanol–water partition coefficient (Wildman–Crippen LogP) is 5.14. The Morgan fingerprint density at radius 3 is 2.56 bits per heavy atom. The lowest BCUT2D eigenvalue weighted by atomic mass is 9.49. The number of nitrogens with one attached hydrogen (secondary N) is 2. The van der Waals surface area contributed by atoms with E-state index in [2.05, 4.69) is 20.8 Å². The van der Waals surface area contributed by atoms with E-state index in [4.69, 9.17) is 17.3 Å². The summed E-state index contributed by atoms with van der Waals surface area (Å²) in [7, 11) is 0. The summed E-state index contributed by atoms with van der Waals surface area (Å²) in [6, 6.07) is 6.12. The van der Waals surface area contributed by atoms with Crippen molar-refractivity contribution in [2.45, 2.75) is 65.2 Å². The smallest absolute Gasteiger partial charge is 0.234 e. The summed E-state index contributed by atoms with van der Waals surface area (Å²) in [6.45, 7) is 4.07. The topological polar surface area (TPSA) is 84.2 Å². The van der Waals surface area contributed by atoms with E-state index in [0.29, 0.717) is 11.5 Å². The second-order valence-electron chi connectivity index (χ2n) is 10.7. The minimum absolute atomic E-state index is 0.0500. The molecule has 4 fully saturated rings. The van der Waals surface area contributed by atoms with Crippen LogP contribution in [0.15, 0.2) is 18.2 Å². The number of benzene rings is 1. The van der Waals surface area contributed by atoms with Crippen LogP contribution in [0.2, 0.25) is 0 Å². The lowest BCUT2D eigenvalue weighted by Crippen LogP contribution is -2.48. The van der Waals surface area contributed by atoms with Gasteiger partial charge < -0.3 is 10.6 Å². The van der Waals surface area contributed by atoms with Crippen LogP contribution in [-0.4, -0.2) is 30.8 Å². The molecule has 0 radical (unpaired) electrons. The van der Waals surface area contributed by atoms with Crippen LogP contribution in [0.25, 0.3) is 15.5 Å². The van der Waals surface area contributed by atoms with Gasteiger partial charge in [-0.15, -0.1) is 10.2 Å². The summed E-state index contributed by atoms with van der Waals surface area (Å²) in [5, 5.41) is 20.5. The van der Waals surface area contributed by atoms with E-state index >= 15 is 0 Å². The largest absolute Gasteiger partial charge is 0.332 e. The van der Waals surface area contributed by atoms with Crippen LogP contribution >= 0.6 is 23.6 Å². The van der Waals surface area contributed by atoms with E-state index < -0.39 is 0 Å².